The summed E-state index contributed by atoms with van der Waals surface area (Å²) in [5.74, 6) is 0.884. The van der Waals surface area contributed by atoms with Crippen molar-refractivity contribution >= 4 is 33.7 Å². The number of hydrogen-bond donors (Lipinski definition) is 0. The second-order valence-electron chi connectivity index (χ2n) is 11.4. The van der Waals surface area contributed by atoms with Crippen LogP contribution < -0.4 is 0 Å². The Kier molecular flexibility index (Phi) is 13.7. The molecule has 0 N–H and O–H groups in total. The van der Waals surface area contributed by atoms with Crippen molar-refractivity contribution in [1.29, 1.82) is 0 Å². The van der Waals surface area contributed by atoms with Crippen LogP contribution in [0.5, 0.6) is 0 Å². The van der Waals surface area contributed by atoms with Gasteiger partial charge in [0.2, 0.25) is 0 Å². The fourth-order valence-electron chi connectivity index (χ4n) is 5.05. The summed E-state index contributed by atoms with van der Waals surface area (Å²) in [6.07, 6.45) is 10.1. The molecule has 0 spiro atoms. The molecule has 232 valence electrons. The van der Waals surface area contributed by atoms with E-state index in [2.05, 4.69) is 180 Å². The first-order valence-corrected chi connectivity index (χ1v) is 16.4. The highest BCUT2D eigenvalue weighted by Gasteiger charge is 2.13. The van der Waals surface area contributed by atoms with E-state index in [4.69, 9.17) is 0 Å². The number of benzene rings is 4. The standard InChI is InChI=1S/C37H33N.C5H12.C2H6/c1-5-14-35-29(4)38(37-20-13-12-19-36(35)37)34-23-21-32(22-24-34)33(25-27(2)30-15-8-6-9-16-30)26-28(3)31-17-10-7-11-18-31;1-4-5(2)3;1-2/h5-26H,2H2,1,3-4H3;5H,4H2,1-3H3;1-2H3/b14-5-,28-26+,33-25+;;. The van der Waals surface area contributed by atoms with Gasteiger partial charge in [0, 0.05) is 22.3 Å². The molecule has 0 saturated heterocycles. The van der Waals surface area contributed by atoms with Crippen molar-refractivity contribution in [3.63, 3.8) is 0 Å². The van der Waals surface area contributed by atoms with Gasteiger partial charge in [0.05, 0.1) is 5.52 Å². The zero-order chi connectivity index (χ0) is 32.8. The SMILES string of the molecule is C=C(/C=C(\C=C(/C)c1ccccc1)c1ccc(-n2c(C)c(/C=C\C)c3ccccc32)cc1)c1ccccc1.CC.CCC(C)C. The minimum Gasteiger partial charge on any atom is -0.313 e. The summed E-state index contributed by atoms with van der Waals surface area (Å²) in [5.41, 5.74) is 11.7. The Balaban J connectivity index is 0.000000719. The van der Waals surface area contributed by atoms with Crippen LogP contribution in [0.15, 0.2) is 134 Å². The van der Waals surface area contributed by atoms with Crippen molar-refractivity contribution in [1.82, 2.24) is 4.57 Å². The van der Waals surface area contributed by atoms with Crippen LogP contribution in [0.2, 0.25) is 0 Å². The Hall–Kier alpha value is -4.62. The molecular weight excluding hydrogens is 542 g/mol. The molecule has 0 aliphatic rings. The third-order valence-electron chi connectivity index (χ3n) is 7.84. The largest absolute Gasteiger partial charge is 0.313 e. The predicted molar refractivity (Wildman–Crippen MR) is 203 cm³/mol. The molecule has 1 aromatic heterocycles. The number of para-hydroxylation sites is 1. The maximum absolute atomic E-state index is 4.39. The van der Waals surface area contributed by atoms with Gasteiger partial charge in [0.1, 0.15) is 0 Å². The molecule has 5 rings (SSSR count). The number of aromatic nitrogens is 1. The quantitative estimate of drug-likeness (QED) is 0.158. The summed E-state index contributed by atoms with van der Waals surface area (Å²) in [5, 5.41) is 1.27. The first kappa shape index (κ1) is 34.9. The van der Waals surface area contributed by atoms with Gasteiger partial charge >= 0.3 is 0 Å². The first-order chi connectivity index (χ1) is 21.8. The van der Waals surface area contributed by atoms with E-state index < -0.39 is 0 Å². The summed E-state index contributed by atoms with van der Waals surface area (Å²) < 4.78 is 2.35. The Morgan fingerprint density at radius 1 is 0.733 bits per heavy atom. The summed E-state index contributed by atoms with van der Waals surface area (Å²) in [7, 11) is 0. The smallest absolute Gasteiger partial charge is 0.0537 e. The van der Waals surface area contributed by atoms with E-state index in [1.165, 1.54) is 39.7 Å². The van der Waals surface area contributed by atoms with Crippen LogP contribution in [0.3, 0.4) is 0 Å². The van der Waals surface area contributed by atoms with Crippen molar-refractivity contribution in [3.05, 3.63) is 162 Å². The molecule has 0 radical (unpaired) electrons. The zero-order valence-electron chi connectivity index (χ0n) is 28.6. The van der Waals surface area contributed by atoms with Crippen LogP contribution in [0, 0.1) is 12.8 Å². The predicted octanol–water partition coefficient (Wildman–Crippen LogP) is 13.3. The molecule has 4 aromatic carbocycles. The van der Waals surface area contributed by atoms with Gasteiger partial charge in [-0.05, 0) is 84.4 Å². The lowest BCUT2D eigenvalue weighted by Gasteiger charge is -2.12. The second-order valence-corrected chi connectivity index (χ2v) is 11.4. The van der Waals surface area contributed by atoms with Crippen molar-refractivity contribution in [2.45, 2.75) is 61.8 Å². The van der Waals surface area contributed by atoms with Crippen LogP contribution in [0.4, 0.5) is 0 Å². The molecule has 0 fully saturated rings. The maximum Gasteiger partial charge on any atom is 0.0537 e. The van der Waals surface area contributed by atoms with E-state index in [1.807, 2.05) is 19.9 Å². The van der Waals surface area contributed by atoms with Crippen molar-refractivity contribution in [2.75, 3.05) is 0 Å². The maximum atomic E-state index is 4.39. The molecule has 0 unspecified atom stereocenters. The lowest BCUT2D eigenvalue weighted by atomic mass is 9.96. The van der Waals surface area contributed by atoms with Crippen molar-refractivity contribution < 1.29 is 0 Å². The van der Waals surface area contributed by atoms with Gasteiger partial charge in [0.15, 0.2) is 0 Å². The van der Waals surface area contributed by atoms with Gasteiger partial charge in [-0.15, -0.1) is 0 Å². The zero-order valence-corrected chi connectivity index (χ0v) is 28.6. The molecule has 5 aromatic rings. The fourth-order valence-corrected chi connectivity index (χ4v) is 5.05. The highest BCUT2D eigenvalue weighted by atomic mass is 15.0. The van der Waals surface area contributed by atoms with Gasteiger partial charge < -0.3 is 4.57 Å². The Morgan fingerprint density at radius 2 is 1.27 bits per heavy atom. The molecule has 1 heteroatoms. The number of nitrogens with zero attached hydrogens (tertiary/aromatic N) is 1. The molecule has 0 saturated carbocycles. The van der Waals surface area contributed by atoms with Gasteiger partial charge in [-0.1, -0.05) is 157 Å². The van der Waals surface area contributed by atoms with E-state index in [0.29, 0.717) is 0 Å². The van der Waals surface area contributed by atoms with Crippen LogP contribution in [0.1, 0.15) is 82.8 Å². The lowest BCUT2D eigenvalue weighted by molar-refractivity contribution is 0.626. The molecule has 45 heavy (non-hydrogen) atoms. The molecule has 0 amide bonds. The van der Waals surface area contributed by atoms with E-state index in [0.717, 1.165) is 33.9 Å². The topological polar surface area (TPSA) is 4.93 Å². The van der Waals surface area contributed by atoms with Crippen LogP contribution >= 0.6 is 0 Å². The molecular formula is C44H51N. The summed E-state index contributed by atoms with van der Waals surface area (Å²) >= 11 is 0. The van der Waals surface area contributed by atoms with E-state index in [-0.39, 0.29) is 0 Å². The van der Waals surface area contributed by atoms with Gasteiger partial charge in [-0.25, -0.2) is 0 Å². The average molecular weight is 594 g/mol. The highest BCUT2D eigenvalue weighted by molar-refractivity contribution is 5.93. The van der Waals surface area contributed by atoms with E-state index in [9.17, 15) is 0 Å². The minimum atomic E-state index is 0.884. The average Bonchev–Trinajstić information content (AvgIpc) is 3.37. The molecule has 1 nitrogen and oxygen atoms in total. The van der Waals surface area contributed by atoms with Crippen molar-refractivity contribution in [2.24, 2.45) is 5.92 Å². The summed E-state index contributed by atoms with van der Waals surface area (Å²) in [4.78, 5) is 0. The van der Waals surface area contributed by atoms with Crippen LogP contribution in [-0.4, -0.2) is 4.57 Å². The third-order valence-corrected chi connectivity index (χ3v) is 7.84. The van der Waals surface area contributed by atoms with E-state index in [1.54, 1.807) is 0 Å². The van der Waals surface area contributed by atoms with Crippen LogP contribution in [-0.2, 0) is 0 Å². The Labute approximate surface area is 273 Å². The normalized spacial score (nSPS) is 11.7. The minimum absolute atomic E-state index is 0.884. The van der Waals surface area contributed by atoms with Crippen LogP contribution in [0.25, 0.3) is 39.4 Å². The molecule has 0 atom stereocenters. The molecule has 0 aliphatic carbocycles. The van der Waals surface area contributed by atoms with Gasteiger partial charge in [0.25, 0.3) is 0 Å². The Bertz CT molecular complexity index is 1720. The van der Waals surface area contributed by atoms with Crippen molar-refractivity contribution in [3.8, 4) is 5.69 Å². The third kappa shape index (κ3) is 9.19. The summed E-state index contributed by atoms with van der Waals surface area (Å²) in [6, 6.07) is 38.4. The molecule has 1 heterocycles. The van der Waals surface area contributed by atoms with E-state index >= 15 is 0 Å². The highest BCUT2D eigenvalue weighted by Crippen LogP contribution is 2.32. The molecule has 0 bridgehead atoms. The monoisotopic (exact) mass is 593 g/mol. The van der Waals surface area contributed by atoms with Gasteiger partial charge in [-0.3, -0.25) is 0 Å². The second kappa shape index (κ2) is 17.6. The first-order valence-electron chi connectivity index (χ1n) is 16.4. The lowest BCUT2D eigenvalue weighted by Crippen LogP contribution is -1.97. The Morgan fingerprint density at radius 3 is 1.82 bits per heavy atom. The number of allylic oxidation sites excluding steroid dienone is 6. The van der Waals surface area contributed by atoms with Gasteiger partial charge in [-0.2, -0.15) is 0 Å². The summed E-state index contributed by atoms with van der Waals surface area (Å²) in [6.45, 7) is 21.5. The number of hydrogen-bond acceptors (Lipinski definition) is 0. The number of rotatable bonds is 8. The molecule has 0 aliphatic heterocycles. The number of fused-ring (bicyclic) bond motifs is 1. The fraction of sp³-hybridized carbons (Fsp3) is 0.227.